The van der Waals surface area contributed by atoms with Crippen LogP contribution in [0.3, 0.4) is 0 Å². The number of aromatic nitrogens is 1. The molecular weight excluding hydrogens is 432 g/mol. The number of ketones is 2. The van der Waals surface area contributed by atoms with Crippen LogP contribution in [0.2, 0.25) is 0 Å². The molecule has 10 heteroatoms. The van der Waals surface area contributed by atoms with E-state index in [9.17, 15) is 34.8 Å². The molecule has 0 radical (unpaired) electrons. The molecule has 1 amide bonds. The van der Waals surface area contributed by atoms with Gasteiger partial charge in [0.05, 0.1) is 29.3 Å². The van der Waals surface area contributed by atoms with Crippen LogP contribution in [0, 0.1) is 17.8 Å². The van der Waals surface area contributed by atoms with Gasteiger partial charge in [-0.05, 0) is 17.5 Å². The molecule has 5 rings (SSSR count). The molecule has 3 aliphatic rings. The number of aromatic hydroxyl groups is 1. The Morgan fingerprint density at radius 3 is 2.58 bits per heavy atom. The highest BCUT2D eigenvalue weighted by atomic mass is 16.3. The summed E-state index contributed by atoms with van der Waals surface area (Å²) in [6.07, 6.45) is 1.15. The molecule has 10 nitrogen and oxygen atoms in total. The maximum Gasteiger partial charge on any atom is 0.255 e. The summed E-state index contributed by atoms with van der Waals surface area (Å²) in [4.78, 5) is 42.2. The number of hydrogen-bond donors (Lipinski definition) is 5. The third kappa shape index (κ3) is 2.70. The van der Waals surface area contributed by atoms with Crippen molar-refractivity contribution in [3.8, 4) is 17.2 Å². The fourth-order valence-corrected chi connectivity index (χ4v) is 5.51. The van der Waals surface area contributed by atoms with Crippen molar-refractivity contribution in [1.82, 2.24) is 4.98 Å². The van der Waals surface area contributed by atoms with E-state index >= 15 is 0 Å². The largest absolute Gasteiger partial charge is 0.511 e. The van der Waals surface area contributed by atoms with E-state index < -0.39 is 70.1 Å². The van der Waals surface area contributed by atoms with E-state index in [0.717, 1.165) is 0 Å². The van der Waals surface area contributed by atoms with E-state index in [0.29, 0.717) is 5.56 Å². The van der Waals surface area contributed by atoms with E-state index in [1.54, 1.807) is 19.1 Å². The number of aliphatic hydroxyl groups excluding tert-OH is 3. The van der Waals surface area contributed by atoms with Crippen LogP contribution in [0.15, 0.2) is 51.7 Å². The van der Waals surface area contributed by atoms with Crippen LogP contribution in [0.5, 0.6) is 5.75 Å². The number of amides is 1. The molecule has 0 spiro atoms. The molecule has 6 N–H and O–H groups in total. The minimum atomic E-state index is -1.42. The lowest BCUT2D eigenvalue weighted by Crippen LogP contribution is -2.51. The summed E-state index contributed by atoms with van der Waals surface area (Å²) in [5, 5.41) is 43.4. The number of phenolic OH excluding ortho intramolecular Hbond substituents is 1. The number of rotatable bonds is 2. The summed E-state index contributed by atoms with van der Waals surface area (Å²) in [6, 6.07) is 3.17. The summed E-state index contributed by atoms with van der Waals surface area (Å²) in [5.74, 6) is -8.10. The Morgan fingerprint density at radius 2 is 1.94 bits per heavy atom. The van der Waals surface area contributed by atoms with Crippen LogP contribution in [0.4, 0.5) is 0 Å². The summed E-state index contributed by atoms with van der Waals surface area (Å²) >= 11 is 0. The molecule has 0 saturated heterocycles. The van der Waals surface area contributed by atoms with Crippen molar-refractivity contribution in [1.29, 1.82) is 0 Å². The van der Waals surface area contributed by atoms with Gasteiger partial charge in [-0.1, -0.05) is 13.0 Å². The summed E-state index contributed by atoms with van der Waals surface area (Å²) in [6.45, 7) is 1.73. The number of carbonyl (C=O) groups is 3. The van der Waals surface area contributed by atoms with Crippen molar-refractivity contribution in [2.45, 2.75) is 25.4 Å². The van der Waals surface area contributed by atoms with Gasteiger partial charge in [-0.2, -0.15) is 0 Å². The topological polar surface area (TPSA) is 184 Å². The first-order chi connectivity index (χ1) is 15.6. The number of nitrogens with two attached hydrogens (primary N) is 1. The number of benzene rings is 1. The average Bonchev–Trinajstić information content (AvgIpc) is 3.28. The lowest BCUT2D eigenvalue weighted by molar-refractivity contribution is -0.128. The molecule has 5 atom stereocenters. The molecule has 1 aromatic heterocycles. The zero-order chi connectivity index (χ0) is 23.8. The molecule has 2 aromatic rings. The van der Waals surface area contributed by atoms with Crippen LogP contribution in [-0.2, 0) is 9.59 Å². The number of allylic oxidation sites excluding steroid dienone is 2. The van der Waals surface area contributed by atoms with E-state index in [1.807, 2.05) is 0 Å². The number of primary amides is 1. The van der Waals surface area contributed by atoms with Crippen molar-refractivity contribution in [2.75, 3.05) is 0 Å². The highest BCUT2D eigenvalue weighted by molar-refractivity contribution is 6.22. The van der Waals surface area contributed by atoms with Crippen molar-refractivity contribution < 1.29 is 39.2 Å². The second kappa shape index (κ2) is 7.04. The molecule has 0 bridgehead atoms. The SMILES string of the molecule is C[C@H]1c2ccc(-c3ncco3)c(O)c2C(=O)C2=C(O)C3C(=O)C(C(N)=O)=C(O)CC3[C@@H](O)C21. The first-order valence-electron chi connectivity index (χ1n) is 10.3. The van der Waals surface area contributed by atoms with Gasteiger partial charge in [-0.3, -0.25) is 14.4 Å². The lowest BCUT2D eigenvalue weighted by atomic mass is 9.58. The maximum absolute atomic E-state index is 13.6. The first-order valence-corrected chi connectivity index (χ1v) is 10.3. The second-order valence-electron chi connectivity index (χ2n) is 8.59. The number of oxazole rings is 1. The van der Waals surface area contributed by atoms with Gasteiger partial charge in [0.1, 0.15) is 29.1 Å². The second-order valence-corrected chi connectivity index (χ2v) is 8.59. The Balaban J connectivity index is 1.70. The Kier molecular flexibility index (Phi) is 4.47. The van der Waals surface area contributed by atoms with Crippen molar-refractivity contribution >= 4 is 17.5 Å². The highest BCUT2D eigenvalue weighted by Gasteiger charge is 2.56. The molecule has 1 aromatic carbocycles. The predicted octanol–water partition coefficient (Wildman–Crippen LogP) is 1.65. The lowest BCUT2D eigenvalue weighted by Gasteiger charge is -2.46. The van der Waals surface area contributed by atoms with Crippen LogP contribution in [0.25, 0.3) is 11.5 Å². The predicted molar refractivity (Wildman–Crippen MR) is 111 cm³/mol. The Bertz CT molecular complexity index is 1290. The fourth-order valence-electron chi connectivity index (χ4n) is 5.51. The highest BCUT2D eigenvalue weighted by Crippen LogP contribution is 2.54. The van der Waals surface area contributed by atoms with Crippen LogP contribution in [0.1, 0.15) is 35.2 Å². The number of phenols is 1. The maximum atomic E-state index is 13.6. The molecule has 1 heterocycles. The van der Waals surface area contributed by atoms with Crippen molar-refractivity contribution in [3.63, 3.8) is 0 Å². The van der Waals surface area contributed by atoms with Gasteiger partial charge in [0, 0.05) is 23.8 Å². The number of hydrogen-bond acceptors (Lipinski definition) is 9. The summed E-state index contributed by atoms with van der Waals surface area (Å²) in [5.41, 5.74) is 4.90. The van der Waals surface area contributed by atoms with Crippen LogP contribution in [-0.4, -0.2) is 49.0 Å². The third-order valence-electron chi connectivity index (χ3n) is 7.01. The fraction of sp³-hybridized carbons (Fsp3) is 0.304. The van der Waals surface area contributed by atoms with E-state index in [2.05, 4.69) is 4.98 Å². The van der Waals surface area contributed by atoms with E-state index in [1.165, 1.54) is 12.5 Å². The van der Waals surface area contributed by atoms with E-state index in [4.69, 9.17) is 10.2 Å². The van der Waals surface area contributed by atoms with Gasteiger partial charge in [-0.25, -0.2) is 4.98 Å². The molecule has 0 fully saturated rings. The normalized spacial score (nSPS) is 29.0. The Labute approximate surface area is 186 Å². The van der Waals surface area contributed by atoms with E-state index in [-0.39, 0.29) is 29.0 Å². The quantitative estimate of drug-likeness (QED) is 0.423. The Hall–Kier alpha value is -3.92. The van der Waals surface area contributed by atoms with Crippen LogP contribution >= 0.6 is 0 Å². The van der Waals surface area contributed by atoms with Crippen molar-refractivity contribution in [2.24, 2.45) is 23.5 Å². The molecule has 3 unspecified atom stereocenters. The van der Waals surface area contributed by atoms with Gasteiger partial charge in [0.15, 0.2) is 11.6 Å². The number of aliphatic hydroxyl groups is 3. The molecule has 0 aliphatic heterocycles. The number of fused-ring (bicyclic) bond motifs is 3. The Morgan fingerprint density at radius 1 is 1.21 bits per heavy atom. The number of Topliss-reactive ketones (excluding diaryl/α,β-unsaturated/α-hetero) is 2. The number of carbonyl (C=O) groups excluding carboxylic acids is 3. The molecule has 3 aliphatic carbocycles. The number of nitrogens with zero attached hydrogens (tertiary/aromatic N) is 1. The standard InChI is InChI=1S/C23H20N2O8/c1-7-8-2-3-9(23-25-4-5-33-23)17(27)13(8)20(30)16-12(7)18(28)10-6-11(26)15(22(24)32)19(29)14(10)21(16)31/h2-5,7,10,12,14,18,26-28,31H,6H2,1H3,(H2,24,32)/t7-,10?,12?,14?,18+/m0/s1. The molecule has 0 saturated carbocycles. The monoisotopic (exact) mass is 452 g/mol. The smallest absolute Gasteiger partial charge is 0.255 e. The van der Waals surface area contributed by atoms with Gasteiger partial charge in [0.25, 0.3) is 5.91 Å². The van der Waals surface area contributed by atoms with Gasteiger partial charge >= 0.3 is 0 Å². The zero-order valence-electron chi connectivity index (χ0n) is 17.3. The summed E-state index contributed by atoms with van der Waals surface area (Å²) in [7, 11) is 0. The average molecular weight is 452 g/mol. The molecule has 170 valence electrons. The zero-order valence-corrected chi connectivity index (χ0v) is 17.3. The van der Waals surface area contributed by atoms with Gasteiger partial charge in [-0.15, -0.1) is 0 Å². The van der Waals surface area contributed by atoms with Gasteiger partial charge < -0.3 is 30.6 Å². The van der Waals surface area contributed by atoms with Crippen LogP contribution < -0.4 is 5.73 Å². The van der Waals surface area contributed by atoms with Crippen molar-refractivity contribution in [3.05, 3.63) is 58.4 Å². The third-order valence-corrected chi connectivity index (χ3v) is 7.01. The summed E-state index contributed by atoms with van der Waals surface area (Å²) < 4.78 is 5.23. The minimum absolute atomic E-state index is 0.0848. The molecule has 33 heavy (non-hydrogen) atoms. The first kappa shape index (κ1) is 21.0. The van der Waals surface area contributed by atoms with Gasteiger partial charge in [0.2, 0.25) is 5.89 Å². The molecular formula is C23H20N2O8. The minimum Gasteiger partial charge on any atom is -0.511 e.